The summed E-state index contributed by atoms with van der Waals surface area (Å²) < 4.78 is 12.5. The molecule has 1 aromatic carbocycles. The van der Waals surface area contributed by atoms with E-state index in [9.17, 15) is 10.1 Å². The van der Waals surface area contributed by atoms with Crippen molar-refractivity contribution in [2.75, 3.05) is 30.5 Å². The van der Waals surface area contributed by atoms with Crippen molar-refractivity contribution in [1.82, 2.24) is 19.7 Å². The minimum Gasteiger partial charge on any atom is -0.443 e. The maximum Gasteiger partial charge on any atom is 0.414 e. The SMILES string of the molecule is COCCCn1nccc1Nc1nccc(-c2cc(C#N)c3c(c2)CCN3C(=O)OC(C)(C)C)n1. The van der Waals surface area contributed by atoms with E-state index in [2.05, 4.69) is 26.5 Å². The lowest BCUT2D eigenvalue weighted by atomic mass is 10.0. The predicted molar refractivity (Wildman–Crippen MR) is 131 cm³/mol. The van der Waals surface area contributed by atoms with E-state index in [1.54, 1.807) is 36.5 Å². The molecule has 1 N–H and O–H groups in total. The van der Waals surface area contributed by atoms with Crippen LogP contribution < -0.4 is 10.2 Å². The van der Waals surface area contributed by atoms with Crippen molar-refractivity contribution in [1.29, 1.82) is 5.26 Å². The second-order valence-corrected chi connectivity index (χ2v) is 9.20. The summed E-state index contributed by atoms with van der Waals surface area (Å²) in [6, 6.07) is 9.62. The summed E-state index contributed by atoms with van der Waals surface area (Å²) in [7, 11) is 1.67. The van der Waals surface area contributed by atoms with Crippen LogP contribution in [0, 0.1) is 11.3 Å². The second kappa shape index (κ2) is 10.1. The smallest absolute Gasteiger partial charge is 0.414 e. The zero-order chi connectivity index (χ0) is 25.0. The Balaban J connectivity index is 1.59. The van der Waals surface area contributed by atoms with Gasteiger partial charge in [0.05, 0.1) is 23.1 Å². The van der Waals surface area contributed by atoms with Gasteiger partial charge in [0.25, 0.3) is 0 Å². The van der Waals surface area contributed by atoms with Gasteiger partial charge < -0.3 is 14.8 Å². The second-order valence-electron chi connectivity index (χ2n) is 9.20. The van der Waals surface area contributed by atoms with Gasteiger partial charge in [0.1, 0.15) is 17.5 Å². The van der Waals surface area contributed by atoms with E-state index in [4.69, 9.17) is 9.47 Å². The Bertz CT molecular complexity index is 1260. The third kappa shape index (κ3) is 5.58. The zero-order valence-corrected chi connectivity index (χ0v) is 20.4. The number of aromatic nitrogens is 4. The molecule has 10 nitrogen and oxygen atoms in total. The standard InChI is InChI=1S/C25H29N7O3/c1-25(2,3)35-24(33)31-12-8-17-14-18(15-19(16-26)22(17)31)20-6-9-27-23(29-20)30-21-7-10-28-32(21)11-5-13-34-4/h6-7,9-10,14-15H,5,8,11-13H2,1-4H3,(H,27,29,30). The molecule has 35 heavy (non-hydrogen) atoms. The van der Waals surface area contributed by atoms with E-state index in [1.165, 1.54) is 0 Å². The summed E-state index contributed by atoms with van der Waals surface area (Å²) in [4.78, 5) is 23.2. The van der Waals surface area contributed by atoms with Gasteiger partial charge in [-0.25, -0.2) is 19.4 Å². The van der Waals surface area contributed by atoms with Gasteiger partial charge in [-0.15, -0.1) is 0 Å². The van der Waals surface area contributed by atoms with Crippen LogP contribution in [0.2, 0.25) is 0 Å². The minimum absolute atomic E-state index is 0.408. The molecular weight excluding hydrogens is 446 g/mol. The normalized spacial score (nSPS) is 12.8. The van der Waals surface area contributed by atoms with Crippen LogP contribution in [0.1, 0.15) is 38.3 Å². The van der Waals surface area contributed by atoms with E-state index >= 15 is 0 Å². The number of carbonyl (C=O) groups is 1. The molecule has 0 spiro atoms. The van der Waals surface area contributed by atoms with E-state index in [-0.39, 0.29) is 0 Å². The number of benzene rings is 1. The first-order valence-electron chi connectivity index (χ1n) is 11.5. The Kier molecular flexibility index (Phi) is 6.98. The number of hydrogen-bond acceptors (Lipinski definition) is 8. The van der Waals surface area contributed by atoms with Crippen LogP contribution in [0.4, 0.5) is 22.2 Å². The number of aryl methyl sites for hydroxylation is 1. The van der Waals surface area contributed by atoms with Gasteiger partial charge in [0.2, 0.25) is 5.95 Å². The monoisotopic (exact) mass is 475 g/mol. The van der Waals surface area contributed by atoms with Gasteiger partial charge in [-0.2, -0.15) is 10.4 Å². The first kappa shape index (κ1) is 24.2. The van der Waals surface area contributed by atoms with Crippen molar-refractivity contribution in [3.05, 3.63) is 47.8 Å². The van der Waals surface area contributed by atoms with Crippen LogP contribution in [-0.2, 0) is 22.4 Å². The van der Waals surface area contributed by atoms with E-state index in [0.29, 0.717) is 49.0 Å². The van der Waals surface area contributed by atoms with E-state index in [1.807, 2.05) is 37.6 Å². The molecule has 0 radical (unpaired) electrons. The molecule has 4 rings (SSSR count). The fourth-order valence-corrected chi connectivity index (χ4v) is 3.95. The fourth-order valence-electron chi connectivity index (χ4n) is 3.95. The van der Waals surface area contributed by atoms with Crippen molar-refractivity contribution in [3.8, 4) is 17.3 Å². The molecule has 3 aromatic rings. The molecule has 0 atom stereocenters. The van der Waals surface area contributed by atoms with Gasteiger partial charge in [-0.05, 0) is 57.4 Å². The van der Waals surface area contributed by atoms with E-state index in [0.717, 1.165) is 23.4 Å². The van der Waals surface area contributed by atoms with Crippen LogP contribution >= 0.6 is 0 Å². The Morgan fingerprint density at radius 1 is 1.26 bits per heavy atom. The van der Waals surface area contributed by atoms with Crippen molar-refractivity contribution in [2.45, 2.75) is 45.8 Å². The topological polar surface area (TPSA) is 118 Å². The van der Waals surface area contributed by atoms with Crippen LogP contribution in [-0.4, -0.2) is 51.7 Å². The summed E-state index contributed by atoms with van der Waals surface area (Å²) in [5.41, 5.74) is 2.77. The maximum absolute atomic E-state index is 12.7. The predicted octanol–water partition coefficient (Wildman–Crippen LogP) is 4.29. The Morgan fingerprint density at radius 2 is 2.09 bits per heavy atom. The summed E-state index contributed by atoms with van der Waals surface area (Å²) in [5.74, 6) is 1.20. The number of rotatable bonds is 7. The van der Waals surface area contributed by atoms with Gasteiger partial charge >= 0.3 is 6.09 Å². The number of nitrogens with zero attached hydrogens (tertiary/aromatic N) is 6. The fraction of sp³-hybridized carbons (Fsp3) is 0.400. The molecule has 3 heterocycles. The summed E-state index contributed by atoms with van der Waals surface area (Å²) in [5, 5.41) is 17.4. The largest absolute Gasteiger partial charge is 0.443 e. The molecule has 0 aliphatic carbocycles. The number of amides is 1. The highest BCUT2D eigenvalue weighted by molar-refractivity contribution is 5.93. The molecule has 1 aliphatic heterocycles. The first-order valence-corrected chi connectivity index (χ1v) is 11.5. The summed E-state index contributed by atoms with van der Waals surface area (Å²) in [6.45, 7) is 7.28. The summed E-state index contributed by atoms with van der Waals surface area (Å²) in [6.07, 6.45) is 4.40. The third-order valence-corrected chi connectivity index (χ3v) is 5.42. The lowest BCUT2D eigenvalue weighted by Gasteiger charge is -2.25. The number of carbonyl (C=O) groups excluding carboxylic acids is 1. The van der Waals surface area contributed by atoms with Crippen LogP contribution in [0.5, 0.6) is 0 Å². The molecule has 0 saturated carbocycles. The van der Waals surface area contributed by atoms with Gasteiger partial charge in [-0.3, -0.25) is 4.90 Å². The number of fused-ring (bicyclic) bond motifs is 1. The molecule has 0 saturated heterocycles. The Hall–Kier alpha value is -3.97. The number of anilines is 3. The van der Waals surface area contributed by atoms with Crippen molar-refractivity contribution in [2.24, 2.45) is 0 Å². The minimum atomic E-state index is -0.615. The zero-order valence-electron chi connectivity index (χ0n) is 20.4. The molecule has 2 aromatic heterocycles. The Labute approximate surface area is 204 Å². The third-order valence-electron chi connectivity index (χ3n) is 5.42. The summed E-state index contributed by atoms with van der Waals surface area (Å²) >= 11 is 0. The molecule has 0 fully saturated rings. The van der Waals surface area contributed by atoms with Crippen LogP contribution in [0.3, 0.4) is 0 Å². The number of nitriles is 1. The number of methoxy groups -OCH3 is 1. The molecule has 182 valence electrons. The first-order chi connectivity index (χ1) is 16.8. The molecular formula is C25H29N7O3. The molecule has 10 heteroatoms. The Morgan fingerprint density at radius 3 is 2.83 bits per heavy atom. The molecule has 1 amide bonds. The maximum atomic E-state index is 12.7. The molecule has 0 unspecified atom stereocenters. The highest BCUT2D eigenvalue weighted by Crippen LogP contribution is 2.36. The average molecular weight is 476 g/mol. The van der Waals surface area contributed by atoms with Crippen LogP contribution in [0.15, 0.2) is 36.7 Å². The average Bonchev–Trinajstić information content (AvgIpc) is 3.44. The number of hydrogen-bond donors (Lipinski definition) is 1. The number of ether oxygens (including phenoxy) is 2. The van der Waals surface area contributed by atoms with Gasteiger partial charge in [0.15, 0.2) is 0 Å². The van der Waals surface area contributed by atoms with Crippen molar-refractivity contribution in [3.63, 3.8) is 0 Å². The van der Waals surface area contributed by atoms with Crippen molar-refractivity contribution >= 4 is 23.5 Å². The highest BCUT2D eigenvalue weighted by atomic mass is 16.6. The highest BCUT2D eigenvalue weighted by Gasteiger charge is 2.31. The van der Waals surface area contributed by atoms with Crippen LogP contribution in [0.25, 0.3) is 11.3 Å². The molecule has 0 bridgehead atoms. The van der Waals surface area contributed by atoms with Gasteiger partial charge in [0, 0.05) is 44.6 Å². The molecule has 1 aliphatic rings. The lowest BCUT2D eigenvalue weighted by molar-refractivity contribution is 0.0584. The van der Waals surface area contributed by atoms with E-state index < -0.39 is 11.7 Å². The van der Waals surface area contributed by atoms with Gasteiger partial charge in [-0.1, -0.05) is 0 Å². The van der Waals surface area contributed by atoms with Crippen molar-refractivity contribution < 1.29 is 14.3 Å². The lowest BCUT2D eigenvalue weighted by Crippen LogP contribution is -2.36. The number of nitrogens with one attached hydrogen (secondary N) is 1. The quantitative estimate of drug-likeness (QED) is 0.503.